The molecule has 0 heterocycles. The van der Waals surface area contributed by atoms with Gasteiger partial charge in [0.1, 0.15) is 0 Å². The highest BCUT2D eigenvalue weighted by atomic mass is 16.2. The number of benzene rings is 1. The summed E-state index contributed by atoms with van der Waals surface area (Å²) in [5, 5.41) is 6.19. The molecule has 4 aliphatic rings. The Balaban J connectivity index is 1.23. The minimum atomic E-state index is -0.0845. The van der Waals surface area contributed by atoms with Crippen molar-refractivity contribution in [1.29, 1.82) is 0 Å². The first kappa shape index (κ1) is 20.4. The Hall–Kier alpha value is -1.88. The number of nitrogens with one attached hydrogen (secondary N) is 2. The quantitative estimate of drug-likeness (QED) is 0.740. The number of carbonyl (C=O) groups excluding carboxylic acids is 2. The van der Waals surface area contributed by atoms with E-state index in [1.165, 1.54) is 38.5 Å². The van der Waals surface area contributed by atoms with Gasteiger partial charge in [-0.1, -0.05) is 18.2 Å². The van der Waals surface area contributed by atoms with Crippen molar-refractivity contribution in [3.05, 3.63) is 29.3 Å². The fraction of sp³-hybridized carbons (Fsp3) is 0.667. The van der Waals surface area contributed by atoms with Crippen LogP contribution in [0.1, 0.15) is 49.7 Å². The summed E-state index contributed by atoms with van der Waals surface area (Å²) in [6.45, 7) is 5.26. The Labute approximate surface area is 174 Å². The van der Waals surface area contributed by atoms with Gasteiger partial charge in [0.2, 0.25) is 11.8 Å². The Morgan fingerprint density at radius 2 is 1.48 bits per heavy atom. The van der Waals surface area contributed by atoms with Gasteiger partial charge >= 0.3 is 0 Å². The Morgan fingerprint density at radius 1 is 0.966 bits per heavy atom. The molecule has 5 rings (SSSR count). The number of hydrogen-bond donors (Lipinski definition) is 2. The van der Waals surface area contributed by atoms with Gasteiger partial charge in [-0.3, -0.25) is 14.5 Å². The van der Waals surface area contributed by atoms with Gasteiger partial charge in [0, 0.05) is 12.2 Å². The number of rotatable bonds is 7. The third-order valence-corrected chi connectivity index (χ3v) is 7.40. The topological polar surface area (TPSA) is 61.4 Å². The molecular formula is C24H35N3O2. The van der Waals surface area contributed by atoms with Crippen molar-refractivity contribution in [2.24, 2.45) is 23.2 Å². The highest BCUT2D eigenvalue weighted by Gasteiger charge is 2.50. The molecule has 1 aromatic carbocycles. The van der Waals surface area contributed by atoms with Crippen LogP contribution in [0.3, 0.4) is 0 Å². The van der Waals surface area contributed by atoms with Crippen LogP contribution in [0.2, 0.25) is 0 Å². The summed E-state index contributed by atoms with van der Waals surface area (Å²) in [7, 11) is 1.83. The molecule has 0 unspecified atom stereocenters. The van der Waals surface area contributed by atoms with Crippen LogP contribution in [-0.2, 0) is 9.59 Å². The van der Waals surface area contributed by atoms with Crippen LogP contribution in [0.25, 0.3) is 0 Å². The van der Waals surface area contributed by atoms with Crippen LogP contribution in [0, 0.1) is 37.0 Å². The van der Waals surface area contributed by atoms with Crippen LogP contribution in [-0.4, -0.2) is 43.4 Å². The van der Waals surface area contributed by atoms with Crippen molar-refractivity contribution in [2.45, 2.75) is 52.4 Å². The lowest BCUT2D eigenvalue weighted by Crippen LogP contribution is -2.52. The van der Waals surface area contributed by atoms with Gasteiger partial charge in [-0.2, -0.15) is 0 Å². The van der Waals surface area contributed by atoms with Crippen molar-refractivity contribution in [3.8, 4) is 0 Å². The summed E-state index contributed by atoms with van der Waals surface area (Å²) in [5.74, 6) is 2.64. The summed E-state index contributed by atoms with van der Waals surface area (Å²) >= 11 is 0. The second kappa shape index (κ2) is 8.10. The summed E-state index contributed by atoms with van der Waals surface area (Å²) < 4.78 is 0. The maximum atomic E-state index is 12.5. The minimum Gasteiger partial charge on any atom is -0.354 e. The van der Waals surface area contributed by atoms with E-state index in [0.717, 1.165) is 41.1 Å². The summed E-state index contributed by atoms with van der Waals surface area (Å²) in [4.78, 5) is 26.7. The molecule has 0 atom stereocenters. The first-order chi connectivity index (χ1) is 13.8. The Kier molecular flexibility index (Phi) is 5.69. The number of aryl methyl sites for hydroxylation is 2. The molecule has 0 saturated heterocycles. The second-order valence-electron chi connectivity index (χ2n) is 10.2. The smallest absolute Gasteiger partial charge is 0.238 e. The Morgan fingerprint density at radius 3 is 2.03 bits per heavy atom. The zero-order valence-corrected chi connectivity index (χ0v) is 18.1. The molecule has 4 bridgehead atoms. The van der Waals surface area contributed by atoms with Crippen molar-refractivity contribution >= 4 is 17.5 Å². The van der Waals surface area contributed by atoms with Crippen LogP contribution in [0.15, 0.2) is 18.2 Å². The van der Waals surface area contributed by atoms with E-state index in [0.29, 0.717) is 5.41 Å². The molecule has 4 saturated carbocycles. The predicted molar refractivity (Wildman–Crippen MR) is 116 cm³/mol. The van der Waals surface area contributed by atoms with E-state index in [-0.39, 0.29) is 24.9 Å². The molecule has 0 radical (unpaired) electrons. The van der Waals surface area contributed by atoms with E-state index in [9.17, 15) is 9.59 Å². The molecule has 0 spiro atoms. The first-order valence-electron chi connectivity index (χ1n) is 11.1. The van der Waals surface area contributed by atoms with E-state index < -0.39 is 0 Å². The molecule has 5 nitrogen and oxygen atoms in total. The summed E-state index contributed by atoms with van der Waals surface area (Å²) in [6, 6.07) is 5.97. The van der Waals surface area contributed by atoms with Crippen LogP contribution in [0.5, 0.6) is 0 Å². The van der Waals surface area contributed by atoms with Crippen LogP contribution >= 0.6 is 0 Å². The molecule has 0 aliphatic heterocycles. The third-order valence-electron chi connectivity index (χ3n) is 7.40. The standard InChI is InChI=1S/C24H35N3O2/c1-16-5-4-6-17(2)23(16)26-22(29)14-27(3)13-21(28)25-15-24-10-18-7-19(11-24)9-20(8-18)12-24/h4-6,18-20H,7-15H2,1-3H3,(H,25,28)(H,26,29). The molecular weight excluding hydrogens is 362 g/mol. The monoisotopic (exact) mass is 397 g/mol. The molecule has 2 N–H and O–H groups in total. The van der Waals surface area contributed by atoms with E-state index >= 15 is 0 Å². The highest BCUT2D eigenvalue weighted by Crippen LogP contribution is 2.59. The van der Waals surface area contributed by atoms with Gasteiger partial charge < -0.3 is 10.6 Å². The average Bonchev–Trinajstić information content (AvgIpc) is 2.62. The van der Waals surface area contributed by atoms with Crippen molar-refractivity contribution < 1.29 is 9.59 Å². The number of carbonyl (C=O) groups is 2. The zero-order chi connectivity index (χ0) is 20.6. The first-order valence-corrected chi connectivity index (χ1v) is 11.1. The highest BCUT2D eigenvalue weighted by molar-refractivity contribution is 5.94. The van der Waals surface area contributed by atoms with Gasteiger partial charge in [0.15, 0.2) is 0 Å². The SMILES string of the molecule is Cc1cccc(C)c1NC(=O)CN(C)CC(=O)NCC12CC3CC(CC(C3)C1)C2. The van der Waals surface area contributed by atoms with Gasteiger partial charge in [-0.15, -0.1) is 0 Å². The number of nitrogens with zero attached hydrogens (tertiary/aromatic N) is 1. The van der Waals surface area contributed by atoms with Gasteiger partial charge in [-0.25, -0.2) is 0 Å². The molecule has 2 amide bonds. The lowest BCUT2D eigenvalue weighted by molar-refractivity contribution is -0.124. The van der Waals surface area contributed by atoms with Crippen molar-refractivity contribution in [1.82, 2.24) is 10.2 Å². The lowest BCUT2D eigenvalue weighted by Gasteiger charge is -2.56. The predicted octanol–water partition coefficient (Wildman–Crippen LogP) is 3.51. The van der Waals surface area contributed by atoms with E-state index in [4.69, 9.17) is 0 Å². The largest absolute Gasteiger partial charge is 0.354 e. The maximum absolute atomic E-state index is 12.5. The molecule has 158 valence electrons. The fourth-order valence-corrected chi connectivity index (χ4v) is 6.59. The molecule has 29 heavy (non-hydrogen) atoms. The average molecular weight is 398 g/mol. The lowest BCUT2D eigenvalue weighted by atomic mass is 9.49. The molecule has 4 fully saturated rings. The zero-order valence-electron chi connectivity index (χ0n) is 18.1. The molecule has 0 aromatic heterocycles. The van der Waals surface area contributed by atoms with Gasteiger partial charge in [-0.05, 0) is 93.7 Å². The number of anilines is 1. The number of amides is 2. The van der Waals surface area contributed by atoms with E-state index in [1.807, 2.05) is 39.1 Å². The number of hydrogen-bond acceptors (Lipinski definition) is 3. The maximum Gasteiger partial charge on any atom is 0.238 e. The van der Waals surface area contributed by atoms with E-state index in [1.54, 1.807) is 4.90 Å². The third kappa shape index (κ3) is 4.66. The fourth-order valence-electron chi connectivity index (χ4n) is 6.59. The van der Waals surface area contributed by atoms with Crippen LogP contribution < -0.4 is 10.6 Å². The second-order valence-corrected chi connectivity index (χ2v) is 10.2. The molecule has 5 heteroatoms. The van der Waals surface area contributed by atoms with Gasteiger partial charge in [0.05, 0.1) is 13.1 Å². The van der Waals surface area contributed by atoms with Crippen LogP contribution in [0.4, 0.5) is 5.69 Å². The summed E-state index contributed by atoms with van der Waals surface area (Å²) in [5.41, 5.74) is 3.32. The van der Waals surface area contributed by atoms with E-state index in [2.05, 4.69) is 10.6 Å². The molecule has 1 aromatic rings. The number of likely N-dealkylation sites (N-methyl/N-ethyl adjacent to an activating group) is 1. The minimum absolute atomic E-state index is 0.0307. The molecule has 4 aliphatic carbocycles. The normalized spacial score (nSPS) is 29.9. The summed E-state index contributed by atoms with van der Waals surface area (Å²) in [6.07, 6.45) is 8.16. The Bertz CT molecular complexity index is 733. The van der Waals surface area contributed by atoms with Gasteiger partial charge in [0.25, 0.3) is 0 Å². The van der Waals surface area contributed by atoms with Crippen molar-refractivity contribution in [2.75, 3.05) is 32.0 Å². The van der Waals surface area contributed by atoms with Crippen molar-refractivity contribution in [3.63, 3.8) is 0 Å². The number of para-hydroxylation sites is 1.